The van der Waals surface area contributed by atoms with E-state index in [0.717, 1.165) is 10.5 Å². The van der Waals surface area contributed by atoms with Crippen LogP contribution < -0.4 is 10.7 Å². The van der Waals surface area contributed by atoms with Gasteiger partial charge in [0, 0.05) is 18.3 Å². The molecule has 9 heteroatoms. The van der Waals surface area contributed by atoms with Crippen LogP contribution in [-0.4, -0.2) is 63.9 Å². The molecule has 8 nitrogen and oxygen atoms in total. The molecule has 2 aromatic rings. The van der Waals surface area contributed by atoms with Crippen LogP contribution >= 0.6 is 0 Å². The van der Waals surface area contributed by atoms with Crippen LogP contribution in [0.15, 0.2) is 48.5 Å². The number of nitrogens with zero attached hydrogens (tertiary/aromatic N) is 3. The van der Waals surface area contributed by atoms with E-state index in [1.807, 2.05) is 44.0 Å². The van der Waals surface area contributed by atoms with Gasteiger partial charge in [0.1, 0.15) is 18.4 Å². The van der Waals surface area contributed by atoms with Gasteiger partial charge in [-0.15, -0.1) is 0 Å². The Bertz CT molecular complexity index is 1060. The second-order valence-corrected chi connectivity index (χ2v) is 8.46. The largest absolute Gasteiger partial charge is 0.327 e. The third kappa shape index (κ3) is 4.46. The number of hydrogen-bond donors (Lipinski definition) is 2. The molecule has 0 spiro atoms. The van der Waals surface area contributed by atoms with Crippen LogP contribution in [0.4, 0.5) is 14.9 Å². The first-order valence-corrected chi connectivity index (χ1v) is 11.0. The van der Waals surface area contributed by atoms with E-state index in [1.165, 1.54) is 17.0 Å². The quantitative estimate of drug-likeness (QED) is 0.702. The van der Waals surface area contributed by atoms with Gasteiger partial charge in [0.05, 0.1) is 12.6 Å². The number of urea groups is 1. The SMILES string of the molecule is CCN1NC(C)C2C1C(=O)N(Cc1ccc(F)cc1)C(=O)N2CC(=O)Nc1ccccc1C. The maximum Gasteiger partial charge on any atom is 0.327 e. The van der Waals surface area contributed by atoms with Crippen molar-refractivity contribution in [3.8, 4) is 0 Å². The molecule has 0 radical (unpaired) electrons. The summed E-state index contributed by atoms with van der Waals surface area (Å²) in [7, 11) is 0. The number of anilines is 1. The third-order valence-electron chi connectivity index (χ3n) is 6.22. The summed E-state index contributed by atoms with van der Waals surface area (Å²) < 4.78 is 13.3. The zero-order valence-electron chi connectivity index (χ0n) is 18.9. The van der Waals surface area contributed by atoms with Gasteiger partial charge in [-0.1, -0.05) is 37.3 Å². The van der Waals surface area contributed by atoms with E-state index in [-0.39, 0.29) is 30.9 Å². The Morgan fingerprint density at radius 2 is 1.82 bits per heavy atom. The van der Waals surface area contributed by atoms with Gasteiger partial charge in [0.15, 0.2) is 0 Å². The van der Waals surface area contributed by atoms with Crippen molar-refractivity contribution < 1.29 is 18.8 Å². The Balaban J connectivity index is 1.61. The highest BCUT2D eigenvalue weighted by Gasteiger charge is 2.54. The number of carbonyl (C=O) groups is 3. The van der Waals surface area contributed by atoms with E-state index in [4.69, 9.17) is 0 Å². The molecule has 2 fully saturated rings. The maximum absolute atomic E-state index is 13.5. The third-order valence-corrected chi connectivity index (χ3v) is 6.22. The van der Waals surface area contributed by atoms with Gasteiger partial charge in [0.2, 0.25) is 5.91 Å². The van der Waals surface area contributed by atoms with Crippen molar-refractivity contribution in [1.82, 2.24) is 20.2 Å². The zero-order valence-corrected chi connectivity index (χ0v) is 18.9. The van der Waals surface area contributed by atoms with Crippen LogP contribution in [0.3, 0.4) is 0 Å². The predicted molar refractivity (Wildman–Crippen MR) is 121 cm³/mol. The second kappa shape index (κ2) is 9.29. The molecule has 0 aromatic heterocycles. The minimum atomic E-state index is -0.616. The fourth-order valence-electron chi connectivity index (χ4n) is 4.57. The molecular formula is C24H28FN5O3. The fraction of sp³-hybridized carbons (Fsp3) is 0.375. The molecule has 2 aliphatic rings. The molecule has 0 aliphatic carbocycles. The number of halogens is 1. The first-order chi connectivity index (χ1) is 15.8. The minimum absolute atomic E-state index is 0.00299. The summed E-state index contributed by atoms with van der Waals surface area (Å²) in [5, 5.41) is 4.68. The number of amides is 4. The summed E-state index contributed by atoms with van der Waals surface area (Å²) in [6.45, 7) is 6.08. The van der Waals surface area contributed by atoms with Gasteiger partial charge < -0.3 is 10.2 Å². The summed E-state index contributed by atoms with van der Waals surface area (Å²) in [6, 6.07) is 11.2. The number of fused-ring (bicyclic) bond motifs is 1. The van der Waals surface area contributed by atoms with Gasteiger partial charge in [-0.05, 0) is 43.2 Å². The number of imide groups is 1. The molecule has 0 bridgehead atoms. The normalized spacial score (nSPS) is 23.1. The molecule has 2 saturated heterocycles. The highest BCUT2D eigenvalue weighted by Crippen LogP contribution is 2.30. The molecule has 3 unspecified atom stereocenters. The number of benzene rings is 2. The number of aryl methyl sites for hydroxylation is 1. The molecule has 2 aliphatic heterocycles. The maximum atomic E-state index is 13.5. The lowest BCUT2D eigenvalue weighted by Crippen LogP contribution is -2.67. The van der Waals surface area contributed by atoms with Gasteiger partial charge >= 0.3 is 6.03 Å². The molecule has 4 amide bonds. The number of nitrogens with one attached hydrogen (secondary N) is 2. The van der Waals surface area contributed by atoms with Crippen molar-refractivity contribution in [1.29, 1.82) is 0 Å². The Morgan fingerprint density at radius 3 is 2.48 bits per heavy atom. The highest BCUT2D eigenvalue weighted by molar-refractivity contribution is 6.03. The van der Waals surface area contributed by atoms with Crippen LogP contribution in [0.2, 0.25) is 0 Å². The molecule has 174 valence electrons. The zero-order chi connectivity index (χ0) is 23.7. The number of para-hydroxylation sites is 1. The molecule has 0 saturated carbocycles. The summed E-state index contributed by atoms with van der Waals surface area (Å²) in [6.07, 6.45) is 0. The van der Waals surface area contributed by atoms with Gasteiger partial charge in [-0.3, -0.25) is 14.5 Å². The van der Waals surface area contributed by atoms with Crippen molar-refractivity contribution in [2.45, 2.75) is 45.4 Å². The van der Waals surface area contributed by atoms with Gasteiger partial charge in [0.25, 0.3) is 5.91 Å². The van der Waals surface area contributed by atoms with Crippen molar-refractivity contribution in [3.63, 3.8) is 0 Å². The van der Waals surface area contributed by atoms with Crippen molar-refractivity contribution in [2.75, 3.05) is 18.4 Å². The van der Waals surface area contributed by atoms with Crippen LogP contribution in [-0.2, 0) is 16.1 Å². The van der Waals surface area contributed by atoms with Crippen molar-refractivity contribution in [3.05, 3.63) is 65.5 Å². The molecular weight excluding hydrogens is 425 g/mol. The van der Waals surface area contributed by atoms with Crippen molar-refractivity contribution >= 4 is 23.5 Å². The Kier molecular flexibility index (Phi) is 6.44. The number of hydrogen-bond acceptors (Lipinski definition) is 5. The van der Waals surface area contributed by atoms with E-state index in [2.05, 4.69) is 10.7 Å². The number of rotatable bonds is 6. The van der Waals surface area contributed by atoms with E-state index >= 15 is 0 Å². The van der Waals surface area contributed by atoms with Crippen LogP contribution in [0.5, 0.6) is 0 Å². The molecule has 33 heavy (non-hydrogen) atoms. The standard InChI is InChI=1S/C24H28FN5O3/c1-4-30-22-21(16(3)27-30)28(14-20(31)26-19-8-6-5-7-15(19)2)24(33)29(23(22)32)13-17-9-11-18(25)12-10-17/h5-12,16,21-22,27H,4,13-14H2,1-3H3,(H,26,31). The Hall–Kier alpha value is -3.30. The minimum Gasteiger partial charge on any atom is -0.324 e. The Morgan fingerprint density at radius 1 is 1.12 bits per heavy atom. The van der Waals surface area contributed by atoms with Gasteiger partial charge in [-0.2, -0.15) is 0 Å². The van der Waals surface area contributed by atoms with E-state index in [1.54, 1.807) is 18.2 Å². The molecule has 3 atom stereocenters. The number of hydrazine groups is 1. The van der Waals surface area contributed by atoms with E-state index < -0.39 is 23.9 Å². The van der Waals surface area contributed by atoms with Crippen molar-refractivity contribution in [2.24, 2.45) is 0 Å². The summed E-state index contributed by atoms with van der Waals surface area (Å²) in [5.74, 6) is -1.06. The summed E-state index contributed by atoms with van der Waals surface area (Å²) in [5.41, 5.74) is 5.48. The first kappa shape index (κ1) is 22.9. The highest BCUT2D eigenvalue weighted by atomic mass is 19.1. The first-order valence-electron chi connectivity index (χ1n) is 11.0. The average Bonchev–Trinajstić information content (AvgIpc) is 3.13. The summed E-state index contributed by atoms with van der Waals surface area (Å²) >= 11 is 0. The number of likely N-dealkylation sites (N-methyl/N-ethyl adjacent to an activating group) is 1. The lowest BCUT2D eigenvalue weighted by atomic mass is 9.97. The monoisotopic (exact) mass is 453 g/mol. The summed E-state index contributed by atoms with van der Waals surface area (Å²) in [4.78, 5) is 42.4. The second-order valence-electron chi connectivity index (χ2n) is 8.46. The van der Waals surface area contributed by atoms with Gasteiger partial charge in [-0.25, -0.2) is 19.6 Å². The number of carbonyl (C=O) groups excluding carboxylic acids is 3. The lowest BCUT2D eigenvalue weighted by Gasteiger charge is -2.43. The van der Waals surface area contributed by atoms with Crippen LogP contribution in [0.1, 0.15) is 25.0 Å². The fourth-order valence-corrected chi connectivity index (χ4v) is 4.57. The van der Waals surface area contributed by atoms with E-state index in [9.17, 15) is 18.8 Å². The molecule has 2 heterocycles. The lowest BCUT2D eigenvalue weighted by molar-refractivity contribution is -0.140. The van der Waals surface area contributed by atoms with Crippen LogP contribution in [0.25, 0.3) is 0 Å². The predicted octanol–water partition coefficient (Wildman–Crippen LogP) is 2.50. The topological polar surface area (TPSA) is 85.0 Å². The molecule has 2 N–H and O–H groups in total. The van der Waals surface area contributed by atoms with Crippen LogP contribution in [0, 0.1) is 12.7 Å². The van der Waals surface area contributed by atoms with E-state index in [0.29, 0.717) is 17.8 Å². The smallest absolute Gasteiger partial charge is 0.324 e. The molecule has 4 rings (SSSR count). The average molecular weight is 454 g/mol. The Labute approximate surface area is 192 Å². The molecule has 2 aromatic carbocycles.